The molecule has 0 fully saturated rings. The molecular formula is C23H19F2N3O4S. The second-order valence-corrected chi connectivity index (χ2v) is 7.80. The van der Waals surface area contributed by atoms with Crippen molar-refractivity contribution in [1.29, 1.82) is 0 Å². The number of hydrogen-bond acceptors (Lipinski definition) is 7. The van der Waals surface area contributed by atoms with E-state index in [4.69, 9.17) is 9.15 Å². The number of benzene rings is 2. The fourth-order valence-electron chi connectivity index (χ4n) is 2.91. The maximum atomic E-state index is 12.4. The van der Waals surface area contributed by atoms with Crippen molar-refractivity contribution >= 4 is 11.8 Å². The Hall–Kier alpha value is -3.79. The summed E-state index contributed by atoms with van der Waals surface area (Å²) in [4.78, 5) is 3.03. The van der Waals surface area contributed by atoms with E-state index in [0.29, 0.717) is 39.6 Å². The average molecular weight is 471 g/mol. The lowest BCUT2D eigenvalue weighted by Crippen LogP contribution is -2.03. The fourth-order valence-corrected chi connectivity index (χ4v) is 3.48. The Balaban J connectivity index is 1.42. The van der Waals surface area contributed by atoms with E-state index in [-0.39, 0.29) is 18.1 Å². The minimum atomic E-state index is -2.88. The van der Waals surface area contributed by atoms with Gasteiger partial charge in [0.05, 0.1) is 11.5 Å². The van der Waals surface area contributed by atoms with Gasteiger partial charge in [0.2, 0.25) is 0 Å². The summed E-state index contributed by atoms with van der Waals surface area (Å²) in [6.07, 6.45) is 0. The highest BCUT2D eigenvalue weighted by atomic mass is 32.2. The quantitative estimate of drug-likeness (QED) is 0.214. The van der Waals surface area contributed by atoms with Crippen LogP contribution in [0.5, 0.6) is 11.5 Å². The van der Waals surface area contributed by atoms with Gasteiger partial charge in [-0.3, -0.25) is 0 Å². The van der Waals surface area contributed by atoms with E-state index in [2.05, 4.69) is 26.5 Å². The van der Waals surface area contributed by atoms with Crippen molar-refractivity contribution in [2.24, 2.45) is 0 Å². The first-order valence-electron chi connectivity index (χ1n) is 9.76. The molecule has 2 heterocycles. The third-order valence-electron chi connectivity index (χ3n) is 4.33. The van der Waals surface area contributed by atoms with Gasteiger partial charge in [-0.05, 0) is 42.0 Å². The molecule has 10 heteroatoms. The zero-order valence-corrected chi connectivity index (χ0v) is 18.0. The number of aromatic amines is 1. The third kappa shape index (κ3) is 6.13. The first-order chi connectivity index (χ1) is 16.0. The Kier molecular flexibility index (Phi) is 6.94. The standard InChI is InChI=1S/C23H19F2N3O4S/c1-14(29)13-33-23-26-21(27-28-23)20-9-8-19(32-20)16-5-3-6-17(11-16)30-12-15-4-2-7-18(10-15)31-22(24)25/h2-11,22,29H,1,12-13H2,(H,26,27,28). The molecule has 2 aromatic carbocycles. The molecule has 4 rings (SSSR count). The molecule has 0 aliphatic heterocycles. The van der Waals surface area contributed by atoms with E-state index in [1.54, 1.807) is 24.3 Å². The summed E-state index contributed by atoms with van der Waals surface area (Å²) in [6, 6.07) is 17.3. The van der Waals surface area contributed by atoms with E-state index in [0.717, 1.165) is 5.56 Å². The number of thioether (sulfide) groups is 1. The second-order valence-electron chi connectivity index (χ2n) is 6.84. The maximum absolute atomic E-state index is 12.4. The summed E-state index contributed by atoms with van der Waals surface area (Å²) in [6.45, 7) is 0.745. The first-order valence-corrected chi connectivity index (χ1v) is 10.7. The second kappa shape index (κ2) is 10.2. The van der Waals surface area contributed by atoms with Gasteiger partial charge in [-0.2, -0.15) is 8.78 Å². The lowest BCUT2D eigenvalue weighted by atomic mass is 10.1. The zero-order valence-electron chi connectivity index (χ0n) is 17.2. The van der Waals surface area contributed by atoms with E-state index >= 15 is 0 Å². The van der Waals surface area contributed by atoms with Crippen LogP contribution in [-0.4, -0.2) is 32.7 Å². The van der Waals surface area contributed by atoms with Gasteiger partial charge in [-0.25, -0.2) is 0 Å². The molecule has 0 unspecified atom stereocenters. The third-order valence-corrected chi connectivity index (χ3v) is 5.26. The van der Waals surface area contributed by atoms with Crippen LogP contribution in [0.15, 0.2) is 82.6 Å². The number of aliphatic hydroxyl groups is 1. The topological polar surface area (TPSA) is 93.4 Å². The van der Waals surface area contributed by atoms with Crippen molar-refractivity contribution in [3.63, 3.8) is 0 Å². The Labute approximate surface area is 192 Å². The maximum Gasteiger partial charge on any atom is 0.387 e. The Morgan fingerprint density at radius 3 is 2.67 bits per heavy atom. The van der Waals surface area contributed by atoms with Gasteiger partial charge in [0.25, 0.3) is 0 Å². The first kappa shape index (κ1) is 22.4. The van der Waals surface area contributed by atoms with Crippen LogP contribution in [0, 0.1) is 0 Å². The predicted octanol–water partition coefficient (Wildman–Crippen LogP) is 6.08. The van der Waals surface area contributed by atoms with Crippen molar-refractivity contribution in [3.05, 3.63) is 78.6 Å². The number of furan rings is 1. The highest BCUT2D eigenvalue weighted by Crippen LogP contribution is 2.30. The molecule has 0 saturated heterocycles. The molecule has 0 bridgehead atoms. The minimum absolute atomic E-state index is 0.0505. The SMILES string of the molecule is C=C(O)CSc1nnc(-c2ccc(-c3cccc(OCc4cccc(OC(F)F)c4)c3)o2)[nH]1. The van der Waals surface area contributed by atoms with Crippen molar-refractivity contribution in [2.75, 3.05) is 5.75 Å². The number of aromatic nitrogens is 3. The zero-order chi connectivity index (χ0) is 23.2. The lowest BCUT2D eigenvalue weighted by Gasteiger charge is -2.09. The summed E-state index contributed by atoms with van der Waals surface area (Å²) >= 11 is 1.27. The van der Waals surface area contributed by atoms with Gasteiger partial charge in [0.15, 0.2) is 16.7 Å². The highest BCUT2D eigenvalue weighted by Gasteiger charge is 2.12. The highest BCUT2D eigenvalue weighted by molar-refractivity contribution is 7.99. The molecule has 0 aliphatic carbocycles. The summed E-state index contributed by atoms with van der Waals surface area (Å²) < 4.78 is 40.9. The Morgan fingerprint density at radius 1 is 1.06 bits per heavy atom. The molecule has 0 saturated carbocycles. The van der Waals surface area contributed by atoms with Crippen LogP contribution in [0.1, 0.15) is 5.56 Å². The van der Waals surface area contributed by atoms with Gasteiger partial charge < -0.3 is 24.0 Å². The monoisotopic (exact) mass is 471 g/mol. The number of H-pyrrole nitrogens is 1. The molecule has 33 heavy (non-hydrogen) atoms. The van der Waals surface area contributed by atoms with Crippen molar-refractivity contribution in [3.8, 4) is 34.4 Å². The number of halogens is 2. The van der Waals surface area contributed by atoms with Crippen LogP contribution in [-0.2, 0) is 6.61 Å². The van der Waals surface area contributed by atoms with E-state index in [1.807, 2.05) is 24.3 Å². The van der Waals surface area contributed by atoms with Crippen LogP contribution in [0.2, 0.25) is 0 Å². The Morgan fingerprint density at radius 2 is 1.85 bits per heavy atom. The number of ether oxygens (including phenoxy) is 2. The molecule has 0 spiro atoms. The predicted molar refractivity (Wildman–Crippen MR) is 119 cm³/mol. The number of alkyl halides is 2. The van der Waals surface area contributed by atoms with Gasteiger partial charge >= 0.3 is 6.61 Å². The molecule has 0 atom stereocenters. The number of rotatable bonds is 10. The largest absolute Gasteiger partial charge is 0.512 e. The van der Waals surface area contributed by atoms with E-state index in [9.17, 15) is 13.9 Å². The van der Waals surface area contributed by atoms with Crippen molar-refractivity contribution in [2.45, 2.75) is 18.4 Å². The normalized spacial score (nSPS) is 11.0. The number of nitrogens with one attached hydrogen (secondary N) is 1. The van der Waals surface area contributed by atoms with Crippen molar-refractivity contribution in [1.82, 2.24) is 15.2 Å². The van der Waals surface area contributed by atoms with E-state index < -0.39 is 6.61 Å². The summed E-state index contributed by atoms with van der Waals surface area (Å²) in [5.74, 6) is 2.62. The molecule has 2 aromatic heterocycles. The number of hydrogen-bond donors (Lipinski definition) is 2. The Bertz CT molecular complexity index is 1240. The van der Waals surface area contributed by atoms with Crippen LogP contribution in [0.4, 0.5) is 8.78 Å². The number of nitrogens with zero attached hydrogens (tertiary/aromatic N) is 2. The minimum Gasteiger partial charge on any atom is -0.512 e. The molecule has 0 aliphatic rings. The molecule has 0 radical (unpaired) electrons. The summed E-state index contributed by atoms with van der Waals surface area (Å²) in [7, 11) is 0. The smallest absolute Gasteiger partial charge is 0.387 e. The van der Waals surface area contributed by atoms with Crippen LogP contribution >= 0.6 is 11.8 Å². The van der Waals surface area contributed by atoms with Gasteiger partial charge in [-0.15, -0.1) is 10.2 Å². The fraction of sp³-hybridized carbons (Fsp3) is 0.130. The van der Waals surface area contributed by atoms with Crippen molar-refractivity contribution < 1.29 is 27.8 Å². The number of aliphatic hydroxyl groups excluding tert-OH is 1. The van der Waals surface area contributed by atoms with Crippen LogP contribution in [0.3, 0.4) is 0 Å². The van der Waals surface area contributed by atoms with E-state index in [1.165, 1.54) is 23.9 Å². The summed E-state index contributed by atoms with van der Waals surface area (Å²) in [5, 5.41) is 17.8. The summed E-state index contributed by atoms with van der Waals surface area (Å²) in [5.41, 5.74) is 1.49. The molecule has 2 N–H and O–H groups in total. The lowest BCUT2D eigenvalue weighted by molar-refractivity contribution is -0.0499. The average Bonchev–Trinajstić information content (AvgIpc) is 3.46. The molecule has 7 nitrogen and oxygen atoms in total. The molecular weight excluding hydrogens is 452 g/mol. The molecule has 4 aromatic rings. The van der Waals surface area contributed by atoms with Crippen LogP contribution in [0.25, 0.3) is 22.9 Å². The molecule has 170 valence electrons. The van der Waals surface area contributed by atoms with Gasteiger partial charge in [0.1, 0.15) is 23.9 Å². The van der Waals surface area contributed by atoms with Gasteiger partial charge in [0, 0.05) is 5.56 Å². The van der Waals surface area contributed by atoms with Crippen LogP contribution < -0.4 is 9.47 Å². The van der Waals surface area contributed by atoms with Gasteiger partial charge in [-0.1, -0.05) is 42.6 Å². The molecule has 0 amide bonds.